The van der Waals surface area contributed by atoms with Gasteiger partial charge in [-0.25, -0.2) is 0 Å². The molecule has 2 aromatic carbocycles. The van der Waals surface area contributed by atoms with Crippen molar-refractivity contribution in [3.05, 3.63) is 66.2 Å². The smallest absolute Gasteiger partial charge is 0.236 e. The molecule has 27 heavy (non-hydrogen) atoms. The van der Waals surface area contributed by atoms with E-state index >= 15 is 0 Å². The molecule has 3 rings (SSSR count). The van der Waals surface area contributed by atoms with Crippen LogP contribution in [0.3, 0.4) is 0 Å². The number of benzene rings is 2. The highest BCUT2D eigenvalue weighted by atomic mass is 16.2. The van der Waals surface area contributed by atoms with Gasteiger partial charge in [-0.05, 0) is 24.6 Å². The lowest BCUT2D eigenvalue weighted by Gasteiger charge is -2.35. The van der Waals surface area contributed by atoms with Gasteiger partial charge in [-0.2, -0.15) is 0 Å². The Morgan fingerprint density at radius 1 is 0.889 bits per heavy atom. The highest BCUT2D eigenvalue weighted by molar-refractivity contribution is 6.04. The second-order valence-electron chi connectivity index (χ2n) is 6.79. The molecule has 2 aromatic rings. The Morgan fingerprint density at radius 3 is 2.07 bits per heavy atom. The molecule has 2 amide bonds. The van der Waals surface area contributed by atoms with Crippen molar-refractivity contribution < 1.29 is 9.59 Å². The normalized spacial score (nSPS) is 14.8. The van der Waals surface area contributed by atoms with E-state index in [0.717, 1.165) is 25.3 Å². The second kappa shape index (κ2) is 9.33. The summed E-state index contributed by atoms with van der Waals surface area (Å²) in [6.07, 6.45) is -0.0680. The molecule has 0 radical (unpaired) electrons. The molecule has 0 unspecified atom stereocenters. The van der Waals surface area contributed by atoms with Crippen LogP contribution in [0, 0.1) is 0 Å². The zero-order valence-corrected chi connectivity index (χ0v) is 15.9. The molecule has 5 nitrogen and oxygen atoms in total. The minimum atomic E-state index is -0.139. The van der Waals surface area contributed by atoms with E-state index in [9.17, 15) is 9.59 Å². The Balaban J connectivity index is 1.49. The minimum Gasteiger partial charge on any atom is -0.340 e. The SMILES string of the molecule is CCN(C(=O)CC(=O)N1CCN(Cc2ccccc2)CC1)c1ccccc1. The largest absolute Gasteiger partial charge is 0.340 e. The molecule has 1 aliphatic heterocycles. The molecule has 1 heterocycles. The van der Waals surface area contributed by atoms with Crippen LogP contribution >= 0.6 is 0 Å². The third kappa shape index (κ3) is 5.17. The molecule has 0 spiro atoms. The van der Waals surface area contributed by atoms with E-state index in [2.05, 4.69) is 17.0 Å². The molecule has 0 atom stereocenters. The number of para-hydroxylation sites is 1. The number of anilines is 1. The zero-order valence-electron chi connectivity index (χ0n) is 15.9. The number of amides is 2. The lowest BCUT2D eigenvalue weighted by Crippen LogP contribution is -2.49. The van der Waals surface area contributed by atoms with Crippen LogP contribution in [-0.2, 0) is 16.1 Å². The molecule has 0 aromatic heterocycles. The summed E-state index contributed by atoms with van der Waals surface area (Å²) in [6, 6.07) is 19.9. The van der Waals surface area contributed by atoms with Gasteiger partial charge in [-0.1, -0.05) is 48.5 Å². The first-order valence-electron chi connectivity index (χ1n) is 9.57. The number of piperazine rings is 1. The highest BCUT2D eigenvalue weighted by Gasteiger charge is 2.25. The fourth-order valence-electron chi connectivity index (χ4n) is 3.44. The predicted octanol–water partition coefficient (Wildman–Crippen LogP) is 2.77. The zero-order chi connectivity index (χ0) is 19.1. The number of hydrogen-bond acceptors (Lipinski definition) is 3. The van der Waals surface area contributed by atoms with Crippen LogP contribution in [0.5, 0.6) is 0 Å². The van der Waals surface area contributed by atoms with Gasteiger partial charge in [0.1, 0.15) is 6.42 Å². The summed E-state index contributed by atoms with van der Waals surface area (Å²) >= 11 is 0. The van der Waals surface area contributed by atoms with Crippen molar-refractivity contribution in [2.24, 2.45) is 0 Å². The van der Waals surface area contributed by atoms with Crippen molar-refractivity contribution in [1.82, 2.24) is 9.80 Å². The van der Waals surface area contributed by atoms with Gasteiger partial charge in [0.05, 0.1) is 0 Å². The number of carbonyl (C=O) groups is 2. The number of nitrogens with zero attached hydrogens (tertiary/aromatic N) is 3. The van der Waals surface area contributed by atoms with Crippen molar-refractivity contribution in [2.75, 3.05) is 37.6 Å². The van der Waals surface area contributed by atoms with Crippen LogP contribution in [0.2, 0.25) is 0 Å². The van der Waals surface area contributed by atoms with Crippen LogP contribution in [0.15, 0.2) is 60.7 Å². The lowest BCUT2D eigenvalue weighted by atomic mass is 10.2. The second-order valence-corrected chi connectivity index (χ2v) is 6.79. The van der Waals surface area contributed by atoms with Gasteiger partial charge in [0.2, 0.25) is 11.8 Å². The van der Waals surface area contributed by atoms with Crippen LogP contribution < -0.4 is 4.90 Å². The van der Waals surface area contributed by atoms with Gasteiger partial charge in [0.15, 0.2) is 0 Å². The molecule has 1 aliphatic rings. The summed E-state index contributed by atoms with van der Waals surface area (Å²) in [4.78, 5) is 31.0. The molecule has 0 bridgehead atoms. The van der Waals surface area contributed by atoms with Gasteiger partial charge in [0, 0.05) is 45.0 Å². The Labute approximate surface area is 161 Å². The monoisotopic (exact) mass is 365 g/mol. The lowest BCUT2D eigenvalue weighted by molar-refractivity contribution is -0.136. The maximum absolute atomic E-state index is 12.6. The van der Waals surface area contributed by atoms with Crippen LogP contribution in [-0.4, -0.2) is 54.3 Å². The Kier molecular flexibility index (Phi) is 6.60. The molecule has 0 saturated carbocycles. The van der Waals surface area contributed by atoms with Gasteiger partial charge in [0.25, 0.3) is 0 Å². The molecule has 1 saturated heterocycles. The van der Waals surface area contributed by atoms with E-state index in [1.165, 1.54) is 5.56 Å². The summed E-state index contributed by atoms with van der Waals surface area (Å²) in [5.41, 5.74) is 2.12. The van der Waals surface area contributed by atoms with Crippen LogP contribution in [0.4, 0.5) is 5.69 Å². The molecule has 5 heteroatoms. The van der Waals surface area contributed by atoms with Crippen molar-refractivity contribution in [3.63, 3.8) is 0 Å². The fraction of sp³-hybridized carbons (Fsp3) is 0.364. The standard InChI is InChI=1S/C22H27N3O2/c1-2-25(20-11-7-4-8-12-20)22(27)17-21(26)24-15-13-23(14-16-24)18-19-9-5-3-6-10-19/h3-12H,2,13-18H2,1H3. The van der Waals surface area contributed by atoms with E-state index in [4.69, 9.17) is 0 Å². The van der Waals surface area contributed by atoms with Gasteiger partial charge < -0.3 is 9.80 Å². The third-order valence-electron chi connectivity index (χ3n) is 4.96. The Hall–Kier alpha value is -2.66. The number of carbonyl (C=O) groups excluding carboxylic acids is 2. The van der Waals surface area contributed by atoms with Crippen molar-refractivity contribution in [2.45, 2.75) is 19.9 Å². The number of rotatable bonds is 6. The molecular weight excluding hydrogens is 338 g/mol. The van der Waals surface area contributed by atoms with Crippen LogP contribution in [0.25, 0.3) is 0 Å². The summed E-state index contributed by atoms with van der Waals surface area (Å²) in [6.45, 7) is 6.42. The first-order valence-corrected chi connectivity index (χ1v) is 9.57. The molecular formula is C22H27N3O2. The molecule has 0 aliphatic carbocycles. The summed E-state index contributed by atoms with van der Waals surface area (Å²) < 4.78 is 0. The van der Waals surface area contributed by atoms with Gasteiger partial charge in [-0.15, -0.1) is 0 Å². The first kappa shape index (κ1) is 19.1. The van der Waals surface area contributed by atoms with E-state index in [0.29, 0.717) is 19.6 Å². The topological polar surface area (TPSA) is 43.9 Å². The quantitative estimate of drug-likeness (QED) is 0.740. The predicted molar refractivity (Wildman–Crippen MR) is 107 cm³/mol. The van der Waals surface area contributed by atoms with E-state index in [1.54, 1.807) is 4.90 Å². The fourth-order valence-corrected chi connectivity index (χ4v) is 3.44. The van der Waals surface area contributed by atoms with E-state index in [-0.39, 0.29) is 18.2 Å². The third-order valence-corrected chi connectivity index (χ3v) is 4.96. The number of hydrogen-bond donors (Lipinski definition) is 0. The Morgan fingerprint density at radius 2 is 1.48 bits per heavy atom. The van der Waals surface area contributed by atoms with E-state index < -0.39 is 0 Å². The molecule has 0 N–H and O–H groups in total. The Bertz CT molecular complexity index is 741. The maximum Gasteiger partial charge on any atom is 0.236 e. The average Bonchev–Trinajstić information content (AvgIpc) is 2.70. The summed E-state index contributed by atoms with van der Waals surface area (Å²) in [5, 5.41) is 0. The van der Waals surface area contributed by atoms with Crippen LogP contribution in [0.1, 0.15) is 18.9 Å². The van der Waals surface area contributed by atoms with Crippen molar-refractivity contribution in [1.29, 1.82) is 0 Å². The maximum atomic E-state index is 12.6. The van der Waals surface area contributed by atoms with Gasteiger partial charge in [-0.3, -0.25) is 14.5 Å². The highest BCUT2D eigenvalue weighted by Crippen LogP contribution is 2.15. The average molecular weight is 365 g/mol. The molecule has 1 fully saturated rings. The van der Waals surface area contributed by atoms with Crippen molar-refractivity contribution >= 4 is 17.5 Å². The minimum absolute atomic E-state index is 0.0680. The molecule has 142 valence electrons. The van der Waals surface area contributed by atoms with Crippen molar-refractivity contribution in [3.8, 4) is 0 Å². The summed E-state index contributed by atoms with van der Waals surface area (Å²) in [5.74, 6) is -0.214. The van der Waals surface area contributed by atoms with E-state index in [1.807, 2.05) is 60.4 Å². The van der Waals surface area contributed by atoms with Gasteiger partial charge >= 0.3 is 0 Å². The first-order chi connectivity index (χ1) is 13.2. The summed E-state index contributed by atoms with van der Waals surface area (Å²) in [7, 11) is 0.